The molecule has 0 aliphatic heterocycles. The number of benzene rings is 3. The van der Waals surface area contributed by atoms with Gasteiger partial charge >= 0.3 is 0 Å². The molecule has 0 amide bonds. The van der Waals surface area contributed by atoms with Gasteiger partial charge in [-0.05, 0) is 41.5 Å². The quantitative estimate of drug-likeness (QED) is 0.411. The van der Waals surface area contributed by atoms with Crippen LogP contribution in [0.15, 0.2) is 66.7 Å². The fraction of sp³-hybridized carbons (Fsp3) is 0.0870. The van der Waals surface area contributed by atoms with Gasteiger partial charge in [-0.25, -0.2) is 8.42 Å². The van der Waals surface area contributed by atoms with Crippen LogP contribution in [0.5, 0.6) is 5.75 Å². The van der Waals surface area contributed by atoms with Gasteiger partial charge in [-0.2, -0.15) is 0 Å². The molecule has 4 aromatic rings. The van der Waals surface area contributed by atoms with Crippen molar-refractivity contribution in [2.75, 3.05) is 23.8 Å². The predicted octanol–water partition coefficient (Wildman–Crippen LogP) is 4.76. The Balaban J connectivity index is 1.73. The normalized spacial score (nSPS) is 11.4. The SMILES string of the molecule is COc1cccc(C(=O)c2sc3cc(-c4cccc(NS(C)(=O)=O)c4)ccc3c2N)c1. The molecule has 0 unspecified atom stereocenters. The summed E-state index contributed by atoms with van der Waals surface area (Å²) < 4.78 is 31.6. The maximum atomic E-state index is 13.0. The van der Waals surface area contributed by atoms with Crippen LogP contribution in [0.3, 0.4) is 0 Å². The smallest absolute Gasteiger partial charge is 0.229 e. The molecule has 0 bridgehead atoms. The summed E-state index contributed by atoms with van der Waals surface area (Å²) in [4.78, 5) is 13.5. The van der Waals surface area contributed by atoms with E-state index < -0.39 is 10.0 Å². The van der Waals surface area contributed by atoms with Crippen molar-refractivity contribution in [2.45, 2.75) is 0 Å². The van der Waals surface area contributed by atoms with Gasteiger partial charge in [-0.15, -0.1) is 11.3 Å². The Hall–Kier alpha value is -3.36. The van der Waals surface area contributed by atoms with Crippen LogP contribution >= 0.6 is 11.3 Å². The van der Waals surface area contributed by atoms with Gasteiger partial charge in [0.05, 0.1) is 23.9 Å². The third-order valence-electron chi connectivity index (χ3n) is 4.77. The highest BCUT2D eigenvalue weighted by atomic mass is 32.2. The first-order valence-electron chi connectivity index (χ1n) is 9.34. The van der Waals surface area contributed by atoms with Crippen LogP contribution in [0, 0.1) is 0 Å². The highest BCUT2D eigenvalue weighted by Crippen LogP contribution is 2.38. The second-order valence-electron chi connectivity index (χ2n) is 7.07. The van der Waals surface area contributed by atoms with Gasteiger partial charge in [0.25, 0.3) is 0 Å². The fourth-order valence-electron chi connectivity index (χ4n) is 3.34. The zero-order valence-corrected chi connectivity index (χ0v) is 18.5. The van der Waals surface area contributed by atoms with E-state index in [4.69, 9.17) is 10.5 Å². The molecule has 4 rings (SSSR count). The van der Waals surface area contributed by atoms with E-state index in [9.17, 15) is 13.2 Å². The molecule has 0 radical (unpaired) electrons. The largest absolute Gasteiger partial charge is 0.497 e. The number of rotatable bonds is 6. The molecule has 3 N–H and O–H groups in total. The summed E-state index contributed by atoms with van der Waals surface area (Å²) in [5.74, 6) is 0.453. The lowest BCUT2D eigenvalue weighted by Crippen LogP contribution is -2.09. The van der Waals surface area contributed by atoms with Crippen molar-refractivity contribution < 1.29 is 17.9 Å². The van der Waals surface area contributed by atoms with E-state index in [1.165, 1.54) is 11.3 Å². The topological polar surface area (TPSA) is 98.5 Å². The number of anilines is 2. The highest BCUT2D eigenvalue weighted by molar-refractivity contribution is 7.92. The summed E-state index contributed by atoms with van der Waals surface area (Å²) in [7, 11) is -1.81. The third-order valence-corrected chi connectivity index (χ3v) is 6.54. The van der Waals surface area contributed by atoms with E-state index >= 15 is 0 Å². The number of ketones is 1. The van der Waals surface area contributed by atoms with Gasteiger partial charge in [0.2, 0.25) is 15.8 Å². The molecule has 158 valence electrons. The molecule has 31 heavy (non-hydrogen) atoms. The number of hydrogen-bond acceptors (Lipinski definition) is 6. The van der Waals surface area contributed by atoms with Gasteiger partial charge in [-0.3, -0.25) is 9.52 Å². The van der Waals surface area contributed by atoms with Gasteiger partial charge in [0, 0.05) is 21.3 Å². The molecule has 0 aliphatic rings. The number of thiophene rings is 1. The van der Waals surface area contributed by atoms with E-state index in [-0.39, 0.29) is 5.78 Å². The Morgan fingerprint density at radius 1 is 1.00 bits per heavy atom. The number of sulfonamides is 1. The Labute approximate surface area is 184 Å². The minimum absolute atomic E-state index is 0.154. The Morgan fingerprint density at radius 3 is 2.48 bits per heavy atom. The molecule has 6 nitrogen and oxygen atoms in total. The first-order valence-corrected chi connectivity index (χ1v) is 12.0. The van der Waals surface area contributed by atoms with E-state index in [1.54, 1.807) is 49.6 Å². The molecule has 0 fully saturated rings. The molecule has 0 atom stereocenters. The van der Waals surface area contributed by atoms with Crippen molar-refractivity contribution in [3.8, 4) is 16.9 Å². The lowest BCUT2D eigenvalue weighted by Gasteiger charge is -2.07. The minimum atomic E-state index is -3.36. The van der Waals surface area contributed by atoms with Crippen LogP contribution in [0.2, 0.25) is 0 Å². The lowest BCUT2D eigenvalue weighted by atomic mass is 10.0. The maximum absolute atomic E-state index is 13.0. The molecule has 1 heterocycles. The van der Waals surface area contributed by atoms with Crippen LogP contribution in [-0.2, 0) is 10.0 Å². The number of fused-ring (bicyclic) bond motifs is 1. The van der Waals surface area contributed by atoms with Crippen LogP contribution < -0.4 is 15.2 Å². The van der Waals surface area contributed by atoms with E-state index in [2.05, 4.69) is 4.72 Å². The molecule has 0 spiro atoms. The van der Waals surface area contributed by atoms with Crippen molar-refractivity contribution in [3.05, 3.63) is 77.2 Å². The molecule has 0 saturated heterocycles. The Kier molecular flexibility index (Phi) is 5.43. The average molecular weight is 453 g/mol. The number of hydrogen-bond donors (Lipinski definition) is 2. The van der Waals surface area contributed by atoms with Crippen molar-refractivity contribution in [1.82, 2.24) is 0 Å². The molecule has 0 aliphatic carbocycles. The van der Waals surface area contributed by atoms with Crippen molar-refractivity contribution in [3.63, 3.8) is 0 Å². The van der Waals surface area contributed by atoms with Crippen LogP contribution in [0.25, 0.3) is 21.2 Å². The van der Waals surface area contributed by atoms with Crippen molar-refractivity contribution >= 4 is 48.6 Å². The van der Waals surface area contributed by atoms with Crippen molar-refractivity contribution in [2.24, 2.45) is 0 Å². The maximum Gasteiger partial charge on any atom is 0.229 e. The number of carbonyl (C=O) groups is 1. The van der Waals surface area contributed by atoms with Gasteiger partial charge in [-0.1, -0.05) is 36.4 Å². The second kappa shape index (κ2) is 8.05. The zero-order chi connectivity index (χ0) is 22.2. The number of carbonyl (C=O) groups excluding carboxylic acids is 1. The van der Waals surface area contributed by atoms with Crippen LogP contribution in [-0.4, -0.2) is 27.6 Å². The predicted molar refractivity (Wildman–Crippen MR) is 127 cm³/mol. The van der Waals surface area contributed by atoms with E-state index in [0.717, 1.165) is 27.5 Å². The van der Waals surface area contributed by atoms with Gasteiger partial charge in [0.1, 0.15) is 5.75 Å². The van der Waals surface area contributed by atoms with E-state index in [0.29, 0.717) is 27.6 Å². The van der Waals surface area contributed by atoms with Crippen LogP contribution in [0.4, 0.5) is 11.4 Å². The van der Waals surface area contributed by atoms with Crippen LogP contribution in [0.1, 0.15) is 15.2 Å². The first kappa shape index (κ1) is 20.9. The molecular weight excluding hydrogens is 432 g/mol. The first-order chi connectivity index (χ1) is 14.7. The summed E-state index contributed by atoms with van der Waals surface area (Å²) in [6.45, 7) is 0. The number of nitrogens with one attached hydrogen (secondary N) is 1. The Morgan fingerprint density at radius 2 is 1.74 bits per heavy atom. The summed E-state index contributed by atoms with van der Waals surface area (Å²) in [5.41, 5.74) is 9.50. The number of methoxy groups -OCH3 is 1. The molecule has 1 aromatic heterocycles. The van der Waals surface area contributed by atoms with Gasteiger partial charge in [0.15, 0.2) is 0 Å². The Bertz CT molecular complexity index is 1410. The molecule has 0 saturated carbocycles. The fourth-order valence-corrected chi connectivity index (χ4v) is 5.02. The number of nitrogen functional groups attached to an aromatic ring is 1. The molecule has 8 heteroatoms. The zero-order valence-electron chi connectivity index (χ0n) is 16.9. The summed E-state index contributed by atoms with van der Waals surface area (Å²) in [6, 6.07) is 19.9. The average Bonchev–Trinajstić information content (AvgIpc) is 3.08. The number of nitrogens with two attached hydrogens (primary N) is 1. The van der Waals surface area contributed by atoms with E-state index in [1.807, 2.05) is 24.3 Å². The van der Waals surface area contributed by atoms with Gasteiger partial charge < -0.3 is 10.5 Å². The lowest BCUT2D eigenvalue weighted by molar-refractivity contribution is 0.104. The summed E-state index contributed by atoms with van der Waals surface area (Å²) in [5, 5.41) is 0.811. The number of ether oxygens (including phenoxy) is 1. The highest BCUT2D eigenvalue weighted by Gasteiger charge is 2.19. The second-order valence-corrected chi connectivity index (χ2v) is 9.87. The minimum Gasteiger partial charge on any atom is -0.497 e. The molecule has 3 aromatic carbocycles. The summed E-state index contributed by atoms with van der Waals surface area (Å²) in [6.07, 6.45) is 1.11. The summed E-state index contributed by atoms with van der Waals surface area (Å²) >= 11 is 1.34. The van der Waals surface area contributed by atoms with Crippen molar-refractivity contribution in [1.29, 1.82) is 0 Å². The monoisotopic (exact) mass is 452 g/mol. The third kappa shape index (κ3) is 4.40. The molecular formula is C23H20N2O4S2. The standard InChI is InChI=1S/C23H20N2O4S2/c1-29-18-8-4-6-16(12-18)22(26)23-21(24)19-10-9-15(13-20(19)30-23)14-5-3-7-17(11-14)25-31(2,27)28/h3-13,25H,24H2,1-2H3.